The number of amides is 1. The van der Waals surface area contributed by atoms with Gasteiger partial charge in [-0.25, -0.2) is 4.98 Å². The quantitative estimate of drug-likeness (QED) is 0.302. The molecule has 1 amide bonds. The summed E-state index contributed by atoms with van der Waals surface area (Å²) >= 11 is 3.89. The van der Waals surface area contributed by atoms with Crippen LogP contribution in [0.1, 0.15) is 75.5 Å². The lowest BCUT2D eigenvalue weighted by Gasteiger charge is -2.51. The van der Waals surface area contributed by atoms with E-state index in [9.17, 15) is 9.59 Å². The van der Waals surface area contributed by atoms with Gasteiger partial charge in [-0.15, -0.1) is 0 Å². The minimum atomic E-state index is -2.84. The Labute approximate surface area is 246 Å². The summed E-state index contributed by atoms with van der Waals surface area (Å²) in [5.41, 5.74) is 0.840. The van der Waals surface area contributed by atoms with Gasteiger partial charge in [-0.05, 0) is 22.2 Å². The van der Waals surface area contributed by atoms with Crippen molar-refractivity contribution in [1.29, 1.82) is 0 Å². The van der Waals surface area contributed by atoms with E-state index in [0.29, 0.717) is 12.3 Å². The molecule has 4 rings (SSSR count). The van der Waals surface area contributed by atoms with Crippen molar-refractivity contribution in [3.05, 3.63) is 16.7 Å². The summed E-state index contributed by atoms with van der Waals surface area (Å²) in [6.07, 6.45) is 0.247. The summed E-state index contributed by atoms with van der Waals surface area (Å²) < 4.78 is 29.7. The first-order valence-corrected chi connectivity index (χ1v) is 19.1. The lowest BCUT2D eigenvalue weighted by Crippen LogP contribution is -2.65. The summed E-state index contributed by atoms with van der Waals surface area (Å²) in [6, 6.07) is 0. The number of fused-ring (bicyclic) bond motifs is 2. The SMILES string of the molecule is CC(C)C(=O)Nc1nc2c(ncn2[C@@H]2O[C@@H]3CO[Si](C(C)C)(C(C)C)O[Si](C(C)C)(C(C)C)O[C@@H]3C2Br)c(=O)[nH]1. The van der Waals surface area contributed by atoms with Crippen LogP contribution in [0.3, 0.4) is 0 Å². The maximum Gasteiger partial charge on any atom is 0.335 e. The lowest BCUT2D eigenvalue weighted by molar-refractivity contribution is -0.118. The number of carbonyl (C=O) groups is 1. The Morgan fingerprint density at radius 2 is 1.65 bits per heavy atom. The molecule has 2 saturated heterocycles. The third-order valence-electron chi connectivity index (χ3n) is 8.07. The van der Waals surface area contributed by atoms with Crippen molar-refractivity contribution in [2.75, 3.05) is 11.9 Å². The van der Waals surface area contributed by atoms with Gasteiger partial charge in [0.15, 0.2) is 17.4 Å². The minimum absolute atomic E-state index is 0.0664. The zero-order chi connectivity index (χ0) is 29.7. The number of alkyl halides is 1. The molecule has 0 saturated carbocycles. The molecular formula is C26H44BrN5O6Si2. The van der Waals surface area contributed by atoms with Gasteiger partial charge in [-0.2, -0.15) is 4.98 Å². The molecule has 0 aromatic carbocycles. The first-order chi connectivity index (χ1) is 18.6. The number of hydrogen-bond donors (Lipinski definition) is 2. The Balaban J connectivity index is 1.76. The molecule has 2 N–H and O–H groups in total. The van der Waals surface area contributed by atoms with Gasteiger partial charge in [-0.1, -0.05) is 85.2 Å². The van der Waals surface area contributed by atoms with E-state index in [-0.39, 0.29) is 62.5 Å². The highest BCUT2D eigenvalue weighted by atomic mass is 79.9. The van der Waals surface area contributed by atoms with Gasteiger partial charge >= 0.3 is 17.1 Å². The topological polar surface area (TPSA) is 130 Å². The van der Waals surface area contributed by atoms with Gasteiger partial charge in [0, 0.05) is 5.92 Å². The lowest BCUT2D eigenvalue weighted by atomic mass is 10.2. The van der Waals surface area contributed by atoms with Crippen LogP contribution in [-0.4, -0.2) is 66.2 Å². The van der Waals surface area contributed by atoms with Crippen molar-refractivity contribution >= 4 is 56.1 Å². The van der Waals surface area contributed by atoms with Crippen LogP contribution in [0.5, 0.6) is 0 Å². The van der Waals surface area contributed by atoms with Crippen molar-refractivity contribution in [2.24, 2.45) is 5.92 Å². The molecule has 11 nitrogen and oxygen atoms in total. The van der Waals surface area contributed by atoms with E-state index in [2.05, 4.69) is 91.6 Å². The molecule has 0 spiro atoms. The Kier molecular flexibility index (Phi) is 9.21. The number of nitrogens with one attached hydrogen (secondary N) is 2. The van der Waals surface area contributed by atoms with E-state index in [1.807, 2.05) is 0 Å². The predicted molar refractivity (Wildman–Crippen MR) is 162 cm³/mol. The van der Waals surface area contributed by atoms with E-state index >= 15 is 0 Å². The molecule has 0 radical (unpaired) electrons. The molecule has 2 aromatic rings. The number of halogens is 1. The maximum atomic E-state index is 12.8. The number of H-pyrrole nitrogens is 1. The van der Waals surface area contributed by atoms with E-state index in [1.165, 1.54) is 0 Å². The Hall–Kier alpha value is -1.43. The van der Waals surface area contributed by atoms with Crippen LogP contribution >= 0.6 is 15.9 Å². The number of hydrogen-bond acceptors (Lipinski definition) is 8. The second kappa shape index (κ2) is 11.7. The van der Waals surface area contributed by atoms with Gasteiger partial charge in [0.1, 0.15) is 6.10 Å². The van der Waals surface area contributed by atoms with Crippen molar-refractivity contribution in [3.8, 4) is 0 Å². The molecule has 2 fully saturated rings. The summed E-state index contributed by atoms with van der Waals surface area (Å²) in [6.45, 7) is 21.4. The third kappa shape index (κ3) is 5.40. The first-order valence-electron chi connectivity index (χ1n) is 14.2. The molecule has 2 aliphatic rings. The van der Waals surface area contributed by atoms with Crippen LogP contribution in [0, 0.1) is 5.92 Å². The van der Waals surface area contributed by atoms with Crippen molar-refractivity contribution in [1.82, 2.24) is 19.5 Å². The fraction of sp³-hybridized carbons (Fsp3) is 0.769. The molecule has 2 aromatic heterocycles. The van der Waals surface area contributed by atoms with Crippen LogP contribution in [0.2, 0.25) is 22.2 Å². The van der Waals surface area contributed by atoms with Gasteiger partial charge in [0.2, 0.25) is 11.9 Å². The highest BCUT2D eigenvalue weighted by molar-refractivity contribution is 9.09. The largest absolute Gasteiger partial charge is 0.414 e. The smallest absolute Gasteiger partial charge is 0.335 e. The van der Waals surface area contributed by atoms with Crippen molar-refractivity contribution < 1.29 is 22.5 Å². The first kappa shape index (κ1) is 31.5. The van der Waals surface area contributed by atoms with Gasteiger partial charge < -0.3 is 17.7 Å². The highest BCUT2D eigenvalue weighted by Crippen LogP contribution is 2.49. The number of imidazole rings is 1. The standard InChI is InChI=1S/C26H44BrN5O6Si2/c1-13(2)23(33)30-26-29-22-20(24(34)31-26)28-12-32(22)25-19(27)21-18(36-25)11-35-39(14(3)4,15(5)6)38-40(37-21,16(7)8)17(9)10/h12-19,21,25H,11H2,1-10H3,(H2,29,30,31,33,34)/t18-,19?,21+,25-/m1/s1. The molecule has 0 bridgehead atoms. The molecule has 224 valence electrons. The summed E-state index contributed by atoms with van der Waals surface area (Å²) in [4.78, 5) is 36.3. The second-order valence-electron chi connectivity index (χ2n) is 12.4. The fourth-order valence-corrected chi connectivity index (χ4v) is 18.0. The normalized spacial score (nSPS) is 26.6. The Morgan fingerprint density at radius 3 is 2.20 bits per heavy atom. The average Bonchev–Trinajstić information content (AvgIpc) is 3.39. The molecule has 0 aliphatic carbocycles. The number of nitrogens with zero attached hydrogens (tertiary/aromatic N) is 3. The Bertz CT molecular complexity index is 1270. The summed E-state index contributed by atoms with van der Waals surface area (Å²) in [5, 5.41) is 2.68. The Morgan fingerprint density at radius 1 is 1.05 bits per heavy atom. The summed E-state index contributed by atoms with van der Waals surface area (Å²) in [5.74, 6) is -0.457. The van der Waals surface area contributed by atoms with Gasteiger partial charge in [-0.3, -0.25) is 24.5 Å². The predicted octanol–water partition coefficient (Wildman–Crippen LogP) is 5.33. The molecule has 4 heterocycles. The van der Waals surface area contributed by atoms with E-state index < -0.39 is 28.9 Å². The van der Waals surface area contributed by atoms with Crippen molar-refractivity contribution in [2.45, 2.75) is 115 Å². The van der Waals surface area contributed by atoms with Crippen LogP contribution in [0.25, 0.3) is 11.2 Å². The molecule has 4 atom stereocenters. The molecule has 40 heavy (non-hydrogen) atoms. The number of aromatic nitrogens is 4. The number of anilines is 1. The maximum absolute atomic E-state index is 12.8. The van der Waals surface area contributed by atoms with Crippen molar-refractivity contribution in [3.63, 3.8) is 0 Å². The molecule has 14 heteroatoms. The minimum Gasteiger partial charge on any atom is -0.414 e. The van der Waals surface area contributed by atoms with Gasteiger partial charge in [0.25, 0.3) is 5.56 Å². The van der Waals surface area contributed by atoms with Crippen LogP contribution in [-0.2, 0) is 22.5 Å². The molecular weight excluding hydrogens is 614 g/mol. The van der Waals surface area contributed by atoms with E-state index in [4.69, 9.17) is 17.7 Å². The monoisotopic (exact) mass is 657 g/mol. The van der Waals surface area contributed by atoms with Gasteiger partial charge in [0.05, 0.1) is 23.9 Å². The number of rotatable bonds is 7. The van der Waals surface area contributed by atoms with Crippen LogP contribution < -0.4 is 10.9 Å². The molecule has 1 unspecified atom stereocenters. The van der Waals surface area contributed by atoms with E-state index in [0.717, 1.165) is 0 Å². The molecule has 2 aliphatic heterocycles. The second-order valence-corrected chi connectivity index (χ2v) is 22.4. The fourth-order valence-electron chi connectivity index (χ4n) is 5.76. The summed E-state index contributed by atoms with van der Waals surface area (Å²) in [7, 11) is -5.55. The number of aromatic amines is 1. The van der Waals surface area contributed by atoms with Crippen LogP contribution in [0.15, 0.2) is 11.1 Å². The highest BCUT2D eigenvalue weighted by Gasteiger charge is 2.61. The zero-order valence-electron chi connectivity index (χ0n) is 25.1. The van der Waals surface area contributed by atoms with E-state index in [1.54, 1.807) is 24.7 Å². The number of ether oxygens (including phenoxy) is 1. The average molecular weight is 659 g/mol. The number of carbonyl (C=O) groups excluding carboxylic acids is 1. The third-order valence-corrected chi connectivity index (χ3v) is 19.3. The zero-order valence-corrected chi connectivity index (χ0v) is 28.7. The van der Waals surface area contributed by atoms with Crippen LogP contribution in [0.4, 0.5) is 5.95 Å².